The molecule has 32 heavy (non-hydrogen) atoms. The fourth-order valence-corrected chi connectivity index (χ4v) is 4.19. The molecule has 1 aliphatic rings. The van der Waals surface area contributed by atoms with E-state index in [2.05, 4.69) is 20.1 Å². The zero-order valence-corrected chi connectivity index (χ0v) is 19.8. The zero-order valence-electron chi connectivity index (χ0n) is 19.8. The van der Waals surface area contributed by atoms with Crippen molar-refractivity contribution >= 4 is 6.08 Å². The summed E-state index contributed by atoms with van der Waals surface area (Å²) < 4.78 is 57.2. The Morgan fingerprint density at radius 2 is 1.62 bits per heavy atom. The van der Waals surface area contributed by atoms with Gasteiger partial charge >= 0.3 is 0 Å². The van der Waals surface area contributed by atoms with E-state index in [-0.39, 0.29) is 34.5 Å². The molecule has 1 aromatic rings. The predicted molar refractivity (Wildman–Crippen MR) is 127 cm³/mol. The van der Waals surface area contributed by atoms with Crippen molar-refractivity contribution in [1.82, 2.24) is 0 Å². The number of rotatable bonds is 9. The summed E-state index contributed by atoms with van der Waals surface area (Å²) in [5, 5.41) is 0. The Bertz CT molecular complexity index is 885. The Labute approximate surface area is 190 Å². The molecule has 2 atom stereocenters. The highest BCUT2D eigenvalue weighted by atomic mass is 19.2. The van der Waals surface area contributed by atoms with E-state index < -0.39 is 23.3 Å². The van der Waals surface area contributed by atoms with Crippen LogP contribution in [0.3, 0.4) is 0 Å². The Kier molecular flexibility index (Phi) is 9.54. The van der Waals surface area contributed by atoms with Gasteiger partial charge in [0.2, 0.25) is 0 Å². The molecule has 0 spiro atoms. The fraction of sp³-hybridized carbons (Fsp3) is 0.500. The minimum Gasteiger partial charge on any atom is -0.203 e. The minimum absolute atomic E-state index is 0.0328. The van der Waals surface area contributed by atoms with Crippen molar-refractivity contribution < 1.29 is 17.6 Å². The fourth-order valence-electron chi connectivity index (χ4n) is 4.19. The second kappa shape index (κ2) is 11.7. The minimum atomic E-state index is -0.960. The molecule has 0 heterocycles. The van der Waals surface area contributed by atoms with Crippen LogP contribution in [0.1, 0.15) is 83.3 Å². The number of hydrogen-bond donors (Lipinski definition) is 0. The highest BCUT2D eigenvalue weighted by molar-refractivity contribution is 5.51. The Hall–Kier alpha value is -2.10. The topological polar surface area (TPSA) is 0 Å². The van der Waals surface area contributed by atoms with E-state index >= 15 is 0 Å². The molecule has 0 radical (unpaired) electrons. The standard InChI is InChI=1S/C28H36F4/c1-17(2)25(29)26(30)21(6)20(5)11-7-18(3)10-14-23-15-16-24(28(32)27(23)31)22-12-8-19(4)9-13-22/h10,14-16,18-20,22H,1,6-9,11-13H2,2-5H3/b14-10+,26-25-. The third kappa shape index (κ3) is 6.70. The highest BCUT2D eigenvalue weighted by Gasteiger charge is 2.24. The van der Waals surface area contributed by atoms with Crippen LogP contribution in [0.4, 0.5) is 17.6 Å². The van der Waals surface area contributed by atoms with E-state index in [0.717, 1.165) is 25.7 Å². The van der Waals surface area contributed by atoms with Crippen molar-refractivity contribution in [3.8, 4) is 0 Å². The molecule has 4 heteroatoms. The molecule has 2 unspecified atom stereocenters. The maximum absolute atomic E-state index is 14.7. The lowest BCUT2D eigenvalue weighted by atomic mass is 9.79. The van der Waals surface area contributed by atoms with Crippen molar-refractivity contribution in [2.24, 2.45) is 17.8 Å². The van der Waals surface area contributed by atoms with Gasteiger partial charge in [0, 0.05) is 5.56 Å². The van der Waals surface area contributed by atoms with Gasteiger partial charge in [0.25, 0.3) is 0 Å². The van der Waals surface area contributed by atoms with E-state index in [9.17, 15) is 17.6 Å². The molecule has 1 saturated carbocycles. The van der Waals surface area contributed by atoms with Crippen LogP contribution in [-0.4, -0.2) is 0 Å². The molecule has 0 N–H and O–H groups in total. The molecule has 176 valence electrons. The lowest BCUT2D eigenvalue weighted by Crippen LogP contribution is -2.13. The van der Waals surface area contributed by atoms with Gasteiger partial charge < -0.3 is 0 Å². The molecule has 2 rings (SSSR count). The predicted octanol–water partition coefficient (Wildman–Crippen LogP) is 9.61. The number of benzene rings is 1. The molecule has 1 fully saturated rings. The van der Waals surface area contributed by atoms with Gasteiger partial charge in [-0.3, -0.25) is 0 Å². The third-order valence-corrected chi connectivity index (χ3v) is 6.70. The summed E-state index contributed by atoms with van der Waals surface area (Å²) in [5.41, 5.74) is 0.870. The normalized spacial score (nSPS) is 21.9. The highest BCUT2D eigenvalue weighted by Crippen LogP contribution is 2.37. The van der Waals surface area contributed by atoms with Gasteiger partial charge in [0.15, 0.2) is 23.3 Å². The maximum atomic E-state index is 14.7. The van der Waals surface area contributed by atoms with Crippen molar-refractivity contribution in [1.29, 1.82) is 0 Å². The first-order chi connectivity index (χ1) is 15.0. The van der Waals surface area contributed by atoms with E-state index in [0.29, 0.717) is 24.3 Å². The second-order valence-electron chi connectivity index (χ2n) is 9.58. The van der Waals surface area contributed by atoms with Gasteiger partial charge in [-0.2, -0.15) is 0 Å². The maximum Gasteiger partial charge on any atom is 0.166 e. The Morgan fingerprint density at radius 1 is 1.00 bits per heavy atom. The van der Waals surface area contributed by atoms with Crippen LogP contribution in [-0.2, 0) is 0 Å². The van der Waals surface area contributed by atoms with Crippen molar-refractivity contribution in [3.63, 3.8) is 0 Å². The summed E-state index contributed by atoms with van der Waals surface area (Å²) in [6.45, 7) is 14.5. The molecule has 0 amide bonds. The average molecular weight is 449 g/mol. The lowest BCUT2D eigenvalue weighted by Gasteiger charge is -2.27. The van der Waals surface area contributed by atoms with Gasteiger partial charge in [-0.15, -0.1) is 0 Å². The van der Waals surface area contributed by atoms with Crippen LogP contribution in [0.2, 0.25) is 0 Å². The molecule has 0 nitrogen and oxygen atoms in total. The van der Waals surface area contributed by atoms with Crippen LogP contribution < -0.4 is 0 Å². The molecule has 1 aromatic carbocycles. The zero-order chi connectivity index (χ0) is 24.0. The van der Waals surface area contributed by atoms with Crippen LogP contribution in [0.5, 0.6) is 0 Å². The molecular formula is C28H36F4. The summed E-state index contributed by atoms with van der Waals surface area (Å²) in [6, 6.07) is 3.38. The molecule has 0 aromatic heterocycles. The van der Waals surface area contributed by atoms with Crippen LogP contribution in [0.15, 0.2) is 54.2 Å². The quantitative estimate of drug-likeness (QED) is 0.260. The molecule has 0 bridgehead atoms. The number of halogens is 4. The average Bonchev–Trinajstić information content (AvgIpc) is 2.77. The number of hydrogen-bond acceptors (Lipinski definition) is 0. The van der Waals surface area contributed by atoms with Crippen LogP contribution in [0, 0.1) is 29.4 Å². The summed E-state index contributed by atoms with van der Waals surface area (Å²) >= 11 is 0. The van der Waals surface area contributed by atoms with Gasteiger partial charge in [-0.25, -0.2) is 17.6 Å². The van der Waals surface area contributed by atoms with Gasteiger partial charge in [-0.05, 0) is 73.0 Å². The Balaban J connectivity index is 1.98. The molecule has 0 saturated heterocycles. The number of allylic oxidation sites excluding steroid dienone is 5. The smallest absolute Gasteiger partial charge is 0.166 e. The molecular weight excluding hydrogens is 412 g/mol. The van der Waals surface area contributed by atoms with Crippen molar-refractivity contribution in [2.45, 2.75) is 72.1 Å². The largest absolute Gasteiger partial charge is 0.203 e. The van der Waals surface area contributed by atoms with Gasteiger partial charge in [0.1, 0.15) is 0 Å². The van der Waals surface area contributed by atoms with E-state index in [4.69, 9.17) is 0 Å². The first-order valence-corrected chi connectivity index (χ1v) is 11.6. The molecule has 0 aliphatic heterocycles. The van der Waals surface area contributed by atoms with Crippen LogP contribution in [0.25, 0.3) is 6.08 Å². The van der Waals surface area contributed by atoms with E-state index in [1.54, 1.807) is 25.1 Å². The van der Waals surface area contributed by atoms with Crippen LogP contribution >= 0.6 is 0 Å². The summed E-state index contributed by atoms with van der Waals surface area (Å²) in [4.78, 5) is 0. The lowest BCUT2D eigenvalue weighted by molar-refractivity contribution is 0.339. The second-order valence-corrected chi connectivity index (χ2v) is 9.58. The van der Waals surface area contributed by atoms with Gasteiger partial charge in [0.05, 0.1) is 0 Å². The first-order valence-electron chi connectivity index (χ1n) is 11.6. The third-order valence-electron chi connectivity index (χ3n) is 6.70. The summed E-state index contributed by atoms with van der Waals surface area (Å²) in [7, 11) is 0. The monoisotopic (exact) mass is 448 g/mol. The molecule has 1 aliphatic carbocycles. The van der Waals surface area contributed by atoms with Crippen molar-refractivity contribution in [3.05, 3.63) is 76.9 Å². The first kappa shape index (κ1) is 26.2. The summed E-state index contributed by atoms with van der Waals surface area (Å²) in [5.74, 6) is -2.87. The summed E-state index contributed by atoms with van der Waals surface area (Å²) in [6.07, 6.45) is 8.62. The van der Waals surface area contributed by atoms with E-state index in [1.807, 2.05) is 13.0 Å². The van der Waals surface area contributed by atoms with Crippen molar-refractivity contribution in [2.75, 3.05) is 0 Å². The van der Waals surface area contributed by atoms with Gasteiger partial charge in [-0.1, -0.05) is 71.1 Å². The Morgan fingerprint density at radius 3 is 2.22 bits per heavy atom. The van der Waals surface area contributed by atoms with E-state index in [1.165, 1.54) is 6.92 Å². The SMILES string of the molecule is C=C(C)/C(F)=C(/F)C(=C)C(C)CCC(C)/C=C/c1ccc(C2CCC(C)CC2)c(F)c1F.